The molecule has 3 atom stereocenters. The first-order valence-electron chi connectivity index (χ1n) is 11.5. The van der Waals surface area contributed by atoms with Gasteiger partial charge in [-0.2, -0.15) is 0 Å². The van der Waals surface area contributed by atoms with Crippen molar-refractivity contribution in [1.82, 2.24) is 5.32 Å². The van der Waals surface area contributed by atoms with Gasteiger partial charge in [0, 0.05) is 41.5 Å². The molecule has 2 aliphatic rings. The van der Waals surface area contributed by atoms with Crippen molar-refractivity contribution in [3.05, 3.63) is 75.3 Å². The van der Waals surface area contributed by atoms with Crippen molar-refractivity contribution < 1.29 is 23.9 Å². The number of nitrogens with one attached hydrogen (secondary N) is 1. The van der Waals surface area contributed by atoms with E-state index in [0.717, 1.165) is 16.1 Å². The standard InChI is InChI=1S/C27H29NO5S/c1-15(2)14-32-27(31)24-16(3)28-21-12-19(23-6-5-11-34-23)13-22(30)26(21)25(24)18-7-9-20(10-8-18)33-17(4)29/h5-12,15,19,25-26,28H,13-14H2,1-4H3. The molecule has 0 bridgehead atoms. The minimum Gasteiger partial charge on any atom is -0.462 e. The van der Waals surface area contributed by atoms with Crippen molar-refractivity contribution >= 4 is 29.1 Å². The van der Waals surface area contributed by atoms with E-state index in [1.54, 1.807) is 23.5 Å². The molecule has 1 N–H and O–H groups in total. The molecule has 1 aliphatic carbocycles. The van der Waals surface area contributed by atoms with E-state index in [4.69, 9.17) is 9.47 Å². The van der Waals surface area contributed by atoms with Crippen molar-refractivity contribution in [2.45, 2.75) is 46.0 Å². The van der Waals surface area contributed by atoms with E-state index in [0.29, 0.717) is 30.0 Å². The van der Waals surface area contributed by atoms with E-state index in [1.165, 1.54) is 6.92 Å². The Bertz CT molecular complexity index is 1140. The van der Waals surface area contributed by atoms with Crippen LogP contribution in [-0.4, -0.2) is 24.3 Å². The molecule has 0 radical (unpaired) electrons. The number of ether oxygens (including phenoxy) is 2. The van der Waals surface area contributed by atoms with Gasteiger partial charge in [-0.15, -0.1) is 11.3 Å². The average molecular weight is 480 g/mol. The SMILES string of the molecule is CC(=O)Oc1ccc(C2C(C(=O)OCC(C)C)=C(C)NC3=CC(c4cccs4)CC(=O)C32)cc1. The summed E-state index contributed by atoms with van der Waals surface area (Å²) in [4.78, 5) is 39.2. The van der Waals surface area contributed by atoms with E-state index < -0.39 is 23.8 Å². The largest absolute Gasteiger partial charge is 0.462 e. The van der Waals surface area contributed by atoms with E-state index in [1.807, 2.05) is 50.4 Å². The summed E-state index contributed by atoms with van der Waals surface area (Å²) in [5.74, 6) is -1.12. The molecule has 4 rings (SSSR count). The fraction of sp³-hybridized carbons (Fsp3) is 0.370. The molecule has 7 heteroatoms. The van der Waals surface area contributed by atoms with Crippen LogP contribution in [0.3, 0.4) is 0 Å². The van der Waals surface area contributed by atoms with Crippen LogP contribution in [0.1, 0.15) is 56.4 Å². The smallest absolute Gasteiger partial charge is 0.336 e. The van der Waals surface area contributed by atoms with Crippen LogP contribution in [0.4, 0.5) is 0 Å². The normalized spacial score (nSPS) is 22.1. The highest BCUT2D eigenvalue weighted by molar-refractivity contribution is 7.10. The molecule has 2 aromatic rings. The minimum absolute atomic E-state index is 0.0143. The number of fused-ring (bicyclic) bond motifs is 1. The monoisotopic (exact) mass is 479 g/mol. The van der Waals surface area contributed by atoms with Crippen LogP contribution >= 0.6 is 11.3 Å². The number of esters is 2. The summed E-state index contributed by atoms with van der Waals surface area (Å²) in [6.45, 7) is 7.46. The van der Waals surface area contributed by atoms with Crippen molar-refractivity contribution in [1.29, 1.82) is 0 Å². The number of rotatable bonds is 6. The van der Waals surface area contributed by atoms with Gasteiger partial charge in [0.2, 0.25) is 0 Å². The van der Waals surface area contributed by atoms with Crippen LogP contribution in [0, 0.1) is 11.8 Å². The van der Waals surface area contributed by atoms with Crippen molar-refractivity contribution in [2.24, 2.45) is 11.8 Å². The summed E-state index contributed by atoms with van der Waals surface area (Å²) >= 11 is 1.64. The van der Waals surface area contributed by atoms with Crippen LogP contribution in [0.15, 0.2) is 64.8 Å². The molecule has 0 saturated carbocycles. The molecule has 6 nitrogen and oxygen atoms in total. The lowest BCUT2D eigenvalue weighted by Crippen LogP contribution is -2.42. The van der Waals surface area contributed by atoms with Crippen molar-refractivity contribution in [3.8, 4) is 5.75 Å². The van der Waals surface area contributed by atoms with Gasteiger partial charge >= 0.3 is 11.9 Å². The molecule has 34 heavy (non-hydrogen) atoms. The van der Waals surface area contributed by atoms with Crippen molar-refractivity contribution in [2.75, 3.05) is 6.61 Å². The van der Waals surface area contributed by atoms with Gasteiger partial charge in [0.1, 0.15) is 11.5 Å². The number of carbonyl (C=O) groups excluding carboxylic acids is 3. The van der Waals surface area contributed by atoms with Gasteiger partial charge in [0.25, 0.3) is 0 Å². The quantitative estimate of drug-likeness (QED) is 0.459. The highest BCUT2D eigenvalue weighted by Crippen LogP contribution is 2.46. The fourth-order valence-corrected chi connectivity index (χ4v) is 5.42. The predicted octanol–water partition coefficient (Wildman–Crippen LogP) is 5.09. The summed E-state index contributed by atoms with van der Waals surface area (Å²) in [5.41, 5.74) is 2.77. The van der Waals surface area contributed by atoms with Gasteiger partial charge < -0.3 is 14.8 Å². The van der Waals surface area contributed by atoms with Gasteiger partial charge in [-0.05, 0) is 42.0 Å². The molecule has 0 fully saturated rings. The molecule has 0 spiro atoms. The Labute approximate surface area is 203 Å². The summed E-state index contributed by atoms with van der Waals surface area (Å²) in [6.07, 6.45) is 2.50. The first-order valence-corrected chi connectivity index (χ1v) is 12.3. The fourth-order valence-electron chi connectivity index (χ4n) is 4.62. The third-order valence-corrected chi connectivity index (χ3v) is 7.05. The number of benzene rings is 1. The van der Waals surface area contributed by atoms with Gasteiger partial charge in [-0.1, -0.05) is 38.1 Å². The molecular weight excluding hydrogens is 450 g/mol. The topological polar surface area (TPSA) is 81.7 Å². The predicted molar refractivity (Wildman–Crippen MR) is 130 cm³/mol. The van der Waals surface area contributed by atoms with Crippen LogP contribution < -0.4 is 10.1 Å². The number of allylic oxidation sites excluding steroid dienone is 3. The summed E-state index contributed by atoms with van der Waals surface area (Å²) < 4.78 is 10.8. The number of Topliss-reactive ketones (excluding diaryl/α,β-unsaturated/α-hetero) is 1. The Hall–Kier alpha value is -3.19. The molecule has 1 aliphatic heterocycles. The molecule has 2 heterocycles. The molecule has 3 unspecified atom stereocenters. The third kappa shape index (κ3) is 4.99. The zero-order chi connectivity index (χ0) is 24.4. The second-order valence-electron chi connectivity index (χ2n) is 9.19. The zero-order valence-corrected chi connectivity index (χ0v) is 20.6. The van der Waals surface area contributed by atoms with Crippen LogP contribution in [0.5, 0.6) is 5.75 Å². The van der Waals surface area contributed by atoms with Gasteiger partial charge in [-0.3, -0.25) is 9.59 Å². The molecule has 0 amide bonds. The molecular formula is C27H29NO5S. The number of thiophene rings is 1. The lowest BCUT2D eigenvalue weighted by atomic mass is 9.69. The maximum absolute atomic E-state index is 13.6. The first-order chi connectivity index (χ1) is 16.2. The Morgan fingerprint density at radius 1 is 1.15 bits per heavy atom. The number of hydrogen-bond donors (Lipinski definition) is 1. The highest BCUT2D eigenvalue weighted by atomic mass is 32.1. The van der Waals surface area contributed by atoms with E-state index in [2.05, 4.69) is 11.4 Å². The maximum atomic E-state index is 13.6. The molecule has 1 aromatic heterocycles. The van der Waals surface area contributed by atoms with E-state index >= 15 is 0 Å². The summed E-state index contributed by atoms with van der Waals surface area (Å²) in [6, 6.07) is 11.0. The van der Waals surface area contributed by atoms with Crippen LogP contribution in [0.2, 0.25) is 0 Å². The van der Waals surface area contributed by atoms with Gasteiger partial charge in [-0.25, -0.2) is 4.79 Å². The Morgan fingerprint density at radius 2 is 1.88 bits per heavy atom. The summed E-state index contributed by atoms with van der Waals surface area (Å²) in [7, 11) is 0. The van der Waals surface area contributed by atoms with Crippen LogP contribution in [0.25, 0.3) is 0 Å². The van der Waals surface area contributed by atoms with Crippen LogP contribution in [-0.2, 0) is 19.1 Å². The highest BCUT2D eigenvalue weighted by Gasteiger charge is 2.45. The van der Waals surface area contributed by atoms with Crippen molar-refractivity contribution in [3.63, 3.8) is 0 Å². The average Bonchev–Trinajstić information content (AvgIpc) is 3.31. The minimum atomic E-state index is -0.513. The van der Waals surface area contributed by atoms with E-state index in [9.17, 15) is 14.4 Å². The number of ketones is 1. The lowest BCUT2D eigenvalue weighted by Gasteiger charge is -2.39. The maximum Gasteiger partial charge on any atom is 0.336 e. The van der Waals surface area contributed by atoms with Gasteiger partial charge in [0.15, 0.2) is 0 Å². The second-order valence-corrected chi connectivity index (χ2v) is 10.2. The van der Waals surface area contributed by atoms with Gasteiger partial charge in [0.05, 0.1) is 18.1 Å². The molecule has 0 saturated heterocycles. The molecule has 1 aromatic carbocycles. The Kier molecular flexibility index (Phi) is 7.03. The molecule has 178 valence electrons. The number of hydrogen-bond acceptors (Lipinski definition) is 7. The second kappa shape index (κ2) is 9.97. The Morgan fingerprint density at radius 3 is 2.50 bits per heavy atom. The van der Waals surface area contributed by atoms with E-state index in [-0.39, 0.29) is 17.6 Å². The zero-order valence-electron chi connectivity index (χ0n) is 19.8. The lowest BCUT2D eigenvalue weighted by molar-refractivity contribution is -0.140. The number of carbonyl (C=O) groups is 3. The Balaban J connectivity index is 1.76. The first kappa shape index (κ1) is 24.0. The third-order valence-electron chi connectivity index (χ3n) is 6.04. The summed E-state index contributed by atoms with van der Waals surface area (Å²) in [5, 5.41) is 5.36.